The smallest absolute Gasteiger partial charge is 0.122 e. The van der Waals surface area contributed by atoms with Crippen LogP contribution in [0.4, 0.5) is 0 Å². The number of hydrogen-bond donors (Lipinski definition) is 1. The lowest BCUT2D eigenvalue weighted by molar-refractivity contribution is 0.357. The van der Waals surface area contributed by atoms with Gasteiger partial charge in [0.2, 0.25) is 0 Å². The molecule has 0 amide bonds. The van der Waals surface area contributed by atoms with Gasteiger partial charge in [-0.2, -0.15) is 0 Å². The molecule has 18 heavy (non-hydrogen) atoms. The predicted molar refractivity (Wildman–Crippen MR) is 76.1 cm³/mol. The first-order valence-electron chi connectivity index (χ1n) is 6.84. The molecule has 1 aromatic rings. The number of allylic oxidation sites excluding steroid dienone is 1. The number of ether oxygens (including phenoxy) is 1. The van der Waals surface area contributed by atoms with E-state index < -0.39 is 0 Å². The summed E-state index contributed by atoms with van der Waals surface area (Å²) in [6.45, 7) is 8.37. The van der Waals surface area contributed by atoms with Gasteiger partial charge in [0.25, 0.3) is 0 Å². The monoisotopic (exact) mass is 245 g/mol. The maximum Gasteiger partial charge on any atom is 0.122 e. The van der Waals surface area contributed by atoms with Crippen LogP contribution in [0.5, 0.6) is 5.75 Å². The van der Waals surface area contributed by atoms with E-state index >= 15 is 0 Å². The highest BCUT2D eigenvalue weighted by molar-refractivity contribution is 5.41. The lowest BCUT2D eigenvalue weighted by atomic mass is 10.0. The van der Waals surface area contributed by atoms with Crippen LogP contribution in [0, 0.1) is 0 Å². The summed E-state index contributed by atoms with van der Waals surface area (Å²) in [6.07, 6.45) is 4.49. The quantitative estimate of drug-likeness (QED) is 0.800. The summed E-state index contributed by atoms with van der Waals surface area (Å²) in [5, 5.41) is 3.59. The summed E-state index contributed by atoms with van der Waals surface area (Å²) >= 11 is 0. The van der Waals surface area contributed by atoms with E-state index in [1.807, 2.05) is 0 Å². The third-order valence-corrected chi connectivity index (χ3v) is 3.19. The van der Waals surface area contributed by atoms with Gasteiger partial charge in [0, 0.05) is 6.42 Å². The maximum atomic E-state index is 5.56. The summed E-state index contributed by atoms with van der Waals surface area (Å²) in [4.78, 5) is 0. The van der Waals surface area contributed by atoms with E-state index in [0.717, 1.165) is 31.7 Å². The van der Waals surface area contributed by atoms with Crippen molar-refractivity contribution in [3.05, 3.63) is 41.0 Å². The highest BCUT2D eigenvalue weighted by Crippen LogP contribution is 2.28. The van der Waals surface area contributed by atoms with Crippen molar-refractivity contribution in [3.8, 4) is 5.75 Å². The molecule has 0 bridgehead atoms. The Bertz CT molecular complexity index is 433. The first-order chi connectivity index (χ1) is 8.70. The van der Waals surface area contributed by atoms with E-state index in [2.05, 4.69) is 50.4 Å². The molecule has 0 saturated carbocycles. The molecule has 0 aliphatic carbocycles. The number of nitrogens with one attached hydrogen (secondary N) is 1. The van der Waals surface area contributed by atoms with Gasteiger partial charge in [0.1, 0.15) is 5.75 Å². The van der Waals surface area contributed by atoms with Crippen LogP contribution in [0.3, 0.4) is 0 Å². The van der Waals surface area contributed by atoms with Gasteiger partial charge in [-0.1, -0.05) is 30.7 Å². The van der Waals surface area contributed by atoms with Gasteiger partial charge in [-0.3, -0.25) is 0 Å². The van der Waals surface area contributed by atoms with Crippen molar-refractivity contribution in [1.29, 1.82) is 0 Å². The second-order valence-electron chi connectivity index (χ2n) is 5.14. The van der Waals surface area contributed by atoms with Crippen LogP contribution in [-0.4, -0.2) is 13.2 Å². The second-order valence-corrected chi connectivity index (χ2v) is 5.14. The molecular formula is C16H23NO. The molecule has 1 unspecified atom stereocenters. The molecule has 0 saturated heterocycles. The lowest BCUT2D eigenvalue weighted by Crippen LogP contribution is -2.20. The third-order valence-electron chi connectivity index (χ3n) is 3.19. The first-order valence-corrected chi connectivity index (χ1v) is 6.84. The van der Waals surface area contributed by atoms with Gasteiger partial charge in [-0.25, -0.2) is 0 Å². The molecule has 2 rings (SSSR count). The summed E-state index contributed by atoms with van der Waals surface area (Å²) in [5.74, 6) is 1.06. The Balaban J connectivity index is 2.21. The average Bonchev–Trinajstić information content (AvgIpc) is 2.81. The average molecular weight is 245 g/mol. The molecule has 0 aromatic heterocycles. The Morgan fingerprint density at radius 2 is 2.28 bits per heavy atom. The van der Waals surface area contributed by atoms with Crippen LogP contribution < -0.4 is 10.1 Å². The van der Waals surface area contributed by atoms with Crippen LogP contribution in [0.15, 0.2) is 29.8 Å². The number of benzene rings is 1. The van der Waals surface area contributed by atoms with E-state index in [1.54, 1.807) is 0 Å². The Morgan fingerprint density at radius 1 is 1.44 bits per heavy atom. The fraction of sp³-hybridized carbons (Fsp3) is 0.500. The molecule has 1 N–H and O–H groups in total. The molecule has 1 atom stereocenters. The first kappa shape index (κ1) is 13.2. The lowest BCUT2D eigenvalue weighted by Gasteiger charge is -2.17. The van der Waals surface area contributed by atoms with Crippen molar-refractivity contribution in [2.45, 2.75) is 39.7 Å². The van der Waals surface area contributed by atoms with Gasteiger partial charge < -0.3 is 10.1 Å². The number of rotatable bonds is 5. The maximum absolute atomic E-state index is 5.56. The van der Waals surface area contributed by atoms with Crippen molar-refractivity contribution >= 4 is 0 Å². The Hall–Kier alpha value is -1.28. The Labute approximate surface area is 110 Å². The van der Waals surface area contributed by atoms with E-state index in [-0.39, 0.29) is 0 Å². The normalized spacial score (nSPS) is 14.8. The SMILES string of the molecule is CCCNC(C=C(C)C)c1ccc2c(c1)CCO2. The molecule has 0 spiro atoms. The van der Waals surface area contributed by atoms with Crippen LogP contribution in [-0.2, 0) is 6.42 Å². The fourth-order valence-corrected chi connectivity index (χ4v) is 2.31. The van der Waals surface area contributed by atoms with E-state index in [1.165, 1.54) is 16.7 Å². The molecular weight excluding hydrogens is 222 g/mol. The van der Waals surface area contributed by atoms with Gasteiger partial charge in [-0.15, -0.1) is 0 Å². The molecule has 0 fully saturated rings. The minimum atomic E-state index is 0.320. The molecule has 2 nitrogen and oxygen atoms in total. The second kappa shape index (κ2) is 6.05. The minimum absolute atomic E-state index is 0.320. The van der Waals surface area contributed by atoms with Crippen LogP contribution in [0.1, 0.15) is 44.4 Å². The van der Waals surface area contributed by atoms with Gasteiger partial charge >= 0.3 is 0 Å². The number of hydrogen-bond acceptors (Lipinski definition) is 2. The molecule has 1 heterocycles. The zero-order chi connectivity index (χ0) is 13.0. The van der Waals surface area contributed by atoms with Crippen LogP contribution in [0.2, 0.25) is 0 Å². The van der Waals surface area contributed by atoms with Crippen molar-refractivity contribution in [2.75, 3.05) is 13.2 Å². The van der Waals surface area contributed by atoms with E-state index in [9.17, 15) is 0 Å². The van der Waals surface area contributed by atoms with Crippen LogP contribution >= 0.6 is 0 Å². The molecule has 0 radical (unpaired) electrons. The van der Waals surface area contributed by atoms with Gasteiger partial charge in [0.15, 0.2) is 0 Å². The molecule has 1 aromatic carbocycles. The van der Waals surface area contributed by atoms with E-state index in [0.29, 0.717) is 6.04 Å². The Morgan fingerprint density at radius 3 is 3.00 bits per heavy atom. The van der Waals surface area contributed by atoms with Crippen molar-refractivity contribution < 1.29 is 4.74 Å². The minimum Gasteiger partial charge on any atom is -0.493 e. The third kappa shape index (κ3) is 3.14. The van der Waals surface area contributed by atoms with Crippen molar-refractivity contribution in [2.24, 2.45) is 0 Å². The number of fused-ring (bicyclic) bond motifs is 1. The predicted octanol–water partition coefficient (Wildman–Crippen LogP) is 3.63. The standard InChI is InChI=1S/C16H23NO/c1-4-8-17-15(10-12(2)3)13-5-6-16-14(11-13)7-9-18-16/h5-6,10-11,15,17H,4,7-9H2,1-3H3. The van der Waals surface area contributed by atoms with Crippen molar-refractivity contribution in [1.82, 2.24) is 5.32 Å². The zero-order valence-corrected chi connectivity index (χ0v) is 11.6. The molecule has 2 heteroatoms. The van der Waals surface area contributed by atoms with Crippen LogP contribution in [0.25, 0.3) is 0 Å². The molecule has 98 valence electrons. The zero-order valence-electron chi connectivity index (χ0n) is 11.6. The molecule has 1 aliphatic heterocycles. The fourth-order valence-electron chi connectivity index (χ4n) is 2.31. The molecule has 1 aliphatic rings. The summed E-state index contributed by atoms with van der Waals surface area (Å²) < 4.78 is 5.56. The largest absolute Gasteiger partial charge is 0.493 e. The van der Waals surface area contributed by atoms with Gasteiger partial charge in [0.05, 0.1) is 12.6 Å². The summed E-state index contributed by atoms with van der Waals surface area (Å²) in [7, 11) is 0. The highest BCUT2D eigenvalue weighted by atomic mass is 16.5. The summed E-state index contributed by atoms with van der Waals surface area (Å²) in [5.41, 5.74) is 4.03. The van der Waals surface area contributed by atoms with Crippen molar-refractivity contribution in [3.63, 3.8) is 0 Å². The summed E-state index contributed by atoms with van der Waals surface area (Å²) in [6, 6.07) is 6.89. The highest BCUT2D eigenvalue weighted by Gasteiger charge is 2.15. The topological polar surface area (TPSA) is 21.3 Å². The van der Waals surface area contributed by atoms with E-state index in [4.69, 9.17) is 4.74 Å². The van der Waals surface area contributed by atoms with Gasteiger partial charge in [-0.05, 0) is 44.0 Å². The Kier molecular flexibility index (Phi) is 4.43.